The first-order chi connectivity index (χ1) is 10.5. The minimum absolute atomic E-state index is 0.261. The second kappa shape index (κ2) is 6.19. The van der Waals surface area contributed by atoms with Crippen molar-refractivity contribution in [2.45, 2.75) is 32.0 Å². The van der Waals surface area contributed by atoms with Crippen LogP contribution < -0.4 is 4.74 Å². The Labute approximate surface area is 134 Å². The quantitative estimate of drug-likeness (QED) is 0.849. The molecule has 2 aliphatic rings. The largest absolute Gasteiger partial charge is 0.497 e. The minimum atomic E-state index is 0.261. The summed E-state index contributed by atoms with van der Waals surface area (Å²) in [6, 6.07) is 9.15. The average Bonchev–Trinajstić information content (AvgIpc) is 2.46. The summed E-state index contributed by atoms with van der Waals surface area (Å²) in [5, 5.41) is 0. The lowest BCUT2D eigenvalue weighted by atomic mass is 9.92. The van der Waals surface area contributed by atoms with E-state index in [0.717, 1.165) is 18.8 Å². The molecule has 0 amide bonds. The molecule has 0 N–H and O–H groups in total. The molecule has 2 aliphatic heterocycles. The van der Waals surface area contributed by atoms with Gasteiger partial charge in [-0.25, -0.2) is 0 Å². The molecule has 22 heavy (non-hydrogen) atoms. The molecule has 2 fully saturated rings. The van der Waals surface area contributed by atoms with Gasteiger partial charge in [-0.1, -0.05) is 12.1 Å². The highest BCUT2D eigenvalue weighted by Gasteiger charge is 2.41. The van der Waals surface area contributed by atoms with Gasteiger partial charge in [-0.3, -0.25) is 9.80 Å². The Morgan fingerprint density at radius 3 is 2.55 bits per heavy atom. The maximum Gasteiger partial charge on any atom is 0.118 e. The fourth-order valence-electron chi connectivity index (χ4n) is 4.07. The van der Waals surface area contributed by atoms with Crippen LogP contribution in [0.25, 0.3) is 0 Å². The van der Waals surface area contributed by atoms with Crippen molar-refractivity contribution >= 4 is 0 Å². The van der Waals surface area contributed by atoms with Gasteiger partial charge in [0.1, 0.15) is 5.75 Å². The summed E-state index contributed by atoms with van der Waals surface area (Å²) in [5.74, 6) is 0.933. The Hall–Kier alpha value is -1.10. The van der Waals surface area contributed by atoms with E-state index in [2.05, 4.69) is 59.9 Å². The molecule has 0 spiro atoms. The molecular weight excluding hydrogens is 274 g/mol. The molecule has 0 radical (unpaired) electrons. The van der Waals surface area contributed by atoms with Crippen LogP contribution in [0.4, 0.5) is 0 Å². The summed E-state index contributed by atoms with van der Waals surface area (Å²) in [7, 11) is 3.96. The second-order valence-electron chi connectivity index (χ2n) is 7.44. The van der Waals surface area contributed by atoms with Crippen molar-refractivity contribution in [1.29, 1.82) is 0 Å². The summed E-state index contributed by atoms with van der Waals surface area (Å²) >= 11 is 0. The summed E-state index contributed by atoms with van der Waals surface area (Å²) in [5.41, 5.74) is 1.63. The zero-order chi connectivity index (χ0) is 15.7. The molecule has 1 atom stereocenters. The number of methoxy groups -OCH3 is 1. The van der Waals surface area contributed by atoms with Gasteiger partial charge in [0, 0.05) is 50.8 Å². The molecule has 4 heteroatoms. The molecule has 1 unspecified atom stereocenters. The highest BCUT2D eigenvalue weighted by molar-refractivity contribution is 5.27. The maximum atomic E-state index is 5.25. The second-order valence-corrected chi connectivity index (χ2v) is 7.44. The van der Waals surface area contributed by atoms with Gasteiger partial charge >= 0.3 is 0 Å². The van der Waals surface area contributed by atoms with Crippen molar-refractivity contribution in [3.63, 3.8) is 0 Å². The number of likely N-dealkylation sites (N-methyl/N-ethyl adjacent to an activating group) is 1. The van der Waals surface area contributed by atoms with Gasteiger partial charge in [-0.15, -0.1) is 0 Å². The first kappa shape index (κ1) is 15.8. The molecule has 0 bridgehead atoms. The van der Waals surface area contributed by atoms with E-state index in [1.165, 1.54) is 31.7 Å². The number of rotatable bonds is 3. The fourth-order valence-corrected chi connectivity index (χ4v) is 4.07. The lowest BCUT2D eigenvalue weighted by Gasteiger charge is -2.55. The maximum absolute atomic E-state index is 5.25. The minimum Gasteiger partial charge on any atom is -0.497 e. The summed E-state index contributed by atoms with van der Waals surface area (Å²) < 4.78 is 5.25. The third-order valence-electron chi connectivity index (χ3n) is 5.11. The van der Waals surface area contributed by atoms with E-state index < -0.39 is 0 Å². The van der Waals surface area contributed by atoms with E-state index in [9.17, 15) is 0 Å². The molecule has 1 aromatic rings. The highest BCUT2D eigenvalue weighted by Crippen LogP contribution is 2.28. The van der Waals surface area contributed by atoms with E-state index in [4.69, 9.17) is 4.74 Å². The topological polar surface area (TPSA) is 19.0 Å². The Kier molecular flexibility index (Phi) is 4.44. The van der Waals surface area contributed by atoms with E-state index in [-0.39, 0.29) is 5.54 Å². The van der Waals surface area contributed by atoms with Crippen molar-refractivity contribution in [2.24, 2.45) is 0 Å². The number of ether oxygens (including phenoxy) is 1. The van der Waals surface area contributed by atoms with Gasteiger partial charge in [-0.05, 0) is 38.6 Å². The van der Waals surface area contributed by atoms with E-state index >= 15 is 0 Å². The summed E-state index contributed by atoms with van der Waals surface area (Å²) in [6.07, 6.45) is 0. The van der Waals surface area contributed by atoms with E-state index in [1.54, 1.807) is 7.11 Å². The smallest absolute Gasteiger partial charge is 0.118 e. The zero-order valence-corrected chi connectivity index (χ0v) is 14.4. The van der Waals surface area contributed by atoms with Crippen molar-refractivity contribution < 1.29 is 4.74 Å². The monoisotopic (exact) mass is 303 g/mol. The van der Waals surface area contributed by atoms with E-state index in [0.29, 0.717) is 6.04 Å². The number of fused-ring (bicyclic) bond motifs is 1. The van der Waals surface area contributed by atoms with Gasteiger partial charge in [0.15, 0.2) is 0 Å². The van der Waals surface area contributed by atoms with Gasteiger partial charge in [0.2, 0.25) is 0 Å². The van der Waals surface area contributed by atoms with E-state index in [1.807, 2.05) is 0 Å². The fraction of sp³-hybridized carbons (Fsp3) is 0.667. The lowest BCUT2D eigenvalue weighted by Crippen LogP contribution is -2.69. The van der Waals surface area contributed by atoms with Gasteiger partial charge in [0.05, 0.1) is 7.11 Å². The zero-order valence-electron chi connectivity index (χ0n) is 14.4. The van der Waals surface area contributed by atoms with Crippen LogP contribution >= 0.6 is 0 Å². The van der Waals surface area contributed by atoms with Gasteiger partial charge in [-0.2, -0.15) is 0 Å². The van der Waals surface area contributed by atoms with Crippen LogP contribution in [0, 0.1) is 0 Å². The average molecular weight is 303 g/mol. The van der Waals surface area contributed by atoms with Crippen molar-refractivity contribution in [3.8, 4) is 5.75 Å². The van der Waals surface area contributed by atoms with Crippen molar-refractivity contribution in [3.05, 3.63) is 29.8 Å². The molecule has 0 aliphatic carbocycles. The standard InChI is InChI=1S/C18H29N3O/c1-18(2)14-20(11-15-5-7-17(22-4)8-6-15)13-16-12-19(3)9-10-21(16)18/h5-8,16H,9-14H2,1-4H3. The molecule has 2 saturated heterocycles. The summed E-state index contributed by atoms with van der Waals surface area (Å²) in [4.78, 5) is 7.80. The lowest BCUT2D eigenvalue weighted by molar-refractivity contribution is -0.0623. The van der Waals surface area contributed by atoms with Crippen LogP contribution in [0.3, 0.4) is 0 Å². The molecule has 2 heterocycles. The third kappa shape index (κ3) is 3.29. The SMILES string of the molecule is COc1ccc(CN2CC3CN(C)CCN3C(C)(C)C2)cc1. The van der Waals surface area contributed by atoms with Crippen molar-refractivity contribution in [2.75, 3.05) is 46.9 Å². The van der Waals surface area contributed by atoms with Crippen LogP contribution in [0.15, 0.2) is 24.3 Å². The van der Waals surface area contributed by atoms with Gasteiger partial charge < -0.3 is 9.64 Å². The van der Waals surface area contributed by atoms with Crippen LogP contribution in [0.2, 0.25) is 0 Å². The molecule has 122 valence electrons. The molecule has 4 nitrogen and oxygen atoms in total. The summed E-state index contributed by atoms with van der Waals surface area (Å²) in [6.45, 7) is 11.7. The van der Waals surface area contributed by atoms with Crippen molar-refractivity contribution in [1.82, 2.24) is 14.7 Å². The van der Waals surface area contributed by atoms with Gasteiger partial charge in [0.25, 0.3) is 0 Å². The molecule has 0 saturated carbocycles. The Morgan fingerprint density at radius 1 is 1.14 bits per heavy atom. The molecular formula is C18H29N3O. The Bertz CT molecular complexity index is 500. The number of hydrogen-bond donors (Lipinski definition) is 0. The molecule has 3 rings (SSSR count). The van der Waals surface area contributed by atoms with Crippen LogP contribution in [-0.2, 0) is 6.54 Å². The normalized spacial score (nSPS) is 26.6. The van der Waals surface area contributed by atoms with Crippen LogP contribution in [0.5, 0.6) is 5.75 Å². The predicted octanol–water partition coefficient (Wildman–Crippen LogP) is 1.91. The Balaban J connectivity index is 1.69. The third-order valence-corrected chi connectivity index (χ3v) is 5.11. The molecule has 1 aromatic carbocycles. The first-order valence-corrected chi connectivity index (χ1v) is 8.28. The van der Waals surface area contributed by atoms with Crippen LogP contribution in [0.1, 0.15) is 19.4 Å². The number of piperazine rings is 2. The Morgan fingerprint density at radius 2 is 1.86 bits per heavy atom. The number of hydrogen-bond acceptors (Lipinski definition) is 4. The number of benzene rings is 1. The number of nitrogens with zero attached hydrogens (tertiary/aromatic N) is 3. The first-order valence-electron chi connectivity index (χ1n) is 8.28. The molecule has 0 aromatic heterocycles. The highest BCUT2D eigenvalue weighted by atomic mass is 16.5. The van der Waals surface area contributed by atoms with Crippen LogP contribution in [-0.4, -0.2) is 73.2 Å². The predicted molar refractivity (Wildman–Crippen MR) is 90.3 cm³/mol.